The zero-order valence-electron chi connectivity index (χ0n) is 10.5. The first-order chi connectivity index (χ1) is 8.38. The van der Waals surface area contributed by atoms with E-state index in [-0.39, 0.29) is 12.4 Å². The van der Waals surface area contributed by atoms with Crippen LogP contribution < -0.4 is 0 Å². The number of halogens is 1. The van der Waals surface area contributed by atoms with Crippen molar-refractivity contribution in [2.24, 2.45) is 11.8 Å². The van der Waals surface area contributed by atoms with Crippen LogP contribution in [0, 0.1) is 23.2 Å². The van der Waals surface area contributed by atoms with Gasteiger partial charge in [-0.3, -0.25) is 0 Å². The fourth-order valence-electron chi connectivity index (χ4n) is 3.62. The molecule has 2 nitrogen and oxygen atoms in total. The number of hydrogen-bond acceptors (Lipinski definition) is 2. The smallest absolute Gasteiger partial charge is 0.0625 e. The molecule has 3 aliphatic heterocycles. The predicted octanol–water partition coefficient (Wildman–Crippen LogP) is 3.06. The molecule has 3 saturated heterocycles. The summed E-state index contributed by atoms with van der Waals surface area (Å²) in [5, 5.41) is 8.93. The number of fused-ring (bicyclic) bond motifs is 3. The Morgan fingerprint density at radius 1 is 1.22 bits per heavy atom. The lowest BCUT2D eigenvalue weighted by Crippen LogP contribution is -2.51. The molecule has 0 amide bonds. The van der Waals surface area contributed by atoms with Crippen LogP contribution in [-0.2, 0) is 0 Å². The standard InChI is InChI=1S/C15H18N2.ClH/c16-8-6-13-10-17-9-7-14(13)15(11-17)12-4-2-1-3-5-12;/h1-5,13-15H,6-7,9-11H2;1H. The van der Waals surface area contributed by atoms with Crippen molar-refractivity contribution in [2.75, 3.05) is 19.6 Å². The molecule has 0 aliphatic carbocycles. The summed E-state index contributed by atoms with van der Waals surface area (Å²) < 4.78 is 0. The third-order valence-corrected chi connectivity index (χ3v) is 4.43. The number of piperidine rings is 3. The van der Waals surface area contributed by atoms with Gasteiger partial charge in [0.2, 0.25) is 0 Å². The monoisotopic (exact) mass is 262 g/mol. The average molecular weight is 263 g/mol. The molecule has 4 rings (SSSR count). The van der Waals surface area contributed by atoms with Gasteiger partial charge in [-0.1, -0.05) is 30.3 Å². The van der Waals surface area contributed by atoms with E-state index >= 15 is 0 Å². The highest BCUT2D eigenvalue weighted by Gasteiger charge is 2.41. The van der Waals surface area contributed by atoms with E-state index < -0.39 is 0 Å². The average Bonchev–Trinajstić information content (AvgIpc) is 2.41. The highest BCUT2D eigenvalue weighted by Crippen LogP contribution is 2.43. The first-order valence-electron chi connectivity index (χ1n) is 6.52. The van der Waals surface area contributed by atoms with Crippen molar-refractivity contribution in [3.63, 3.8) is 0 Å². The predicted molar refractivity (Wildman–Crippen MR) is 74.7 cm³/mol. The van der Waals surface area contributed by atoms with Gasteiger partial charge in [-0.2, -0.15) is 5.26 Å². The van der Waals surface area contributed by atoms with E-state index in [0.717, 1.165) is 18.9 Å². The molecule has 96 valence electrons. The first kappa shape index (κ1) is 13.4. The van der Waals surface area contributed by atoms with E-state index in [4.69, 9.17) is 5.26 Å². The molecule has 18 heavy (non-hydrogen) atoms. The van der Waals surface area contributed by atoms with Crippen LogP contribution >= 0.6 is 12.4 Å². The lowest BCUT2D eigenvalue weighted by molar-refractivity contribution is 0.0320. The van der Waals surface area contributed by atoms with Gasteiger partial charge in [-0.05, 0) is 36.3 Å². The summed E-state index contributed by atoms with van der Waals surface area (Å²) in [4.78, 5) is 2.54. The minimum atomic E-state index is 0. The van der Waals surface area contributed by atoms with Gasteiger partial charge in [-0.25, -0.2) is 0 Å². The minimum absolute atomic E-state index is 0. The highest BCUT2D eigenvalue weighted by molar-refractivity contribution is 5.85. The Bertz CT molecular complexity index is 426. The topological polar surface area (TPSA) is 27.0 Å². The van der Waals surface area contributed by atoms with E-state index in [1.165, 1.54) is 25.1 Å². The summed E-state index contributed by atoms with van der Waals surface area (Å²) in [5.74, 6) is 1.96. The summed E-state index contributed by atoms with van der Waals surface area (Å²) >= 11 is 0. The molecule has 3 heteroatoms. The number of nitriles is 1. The van der Waals surface area contributed by atoms with Crippen molar-refractivity contribution in [1.82, 2.24) is 4.90 Å². The highest BCUT2D eigenvalue weighted by atomic mass is 35.5. The third-order valence-electron chi connectivity index (χ3n) is 4.43. The minimum Gasteiger partial charge on any atom is -0.302 e. The van der Waals surface area contributed by atoms with E-state index in [9.17, 15) is 0 Å². The van der Waals surface area contributed by atoms with Gasteiger partial charge in [0.1, 0.15) is 0 Å². The van der Waals surface area contributed by atoms with E-state index in [1.807, 2.05) is 0 Å². The maximum Gasteiger partial charge on any atom is 0.0625 e. The van der Waals surface area contributed by atoms with Gasteiger partial charge in [0.15, 0.2) is 0 Å². The molecule has 1 aromatic carbocycles. The van der Waals surface area contributed by atoms with Crippen molar-refractivity contribution < 1.29 is 0 Å². The Morgan fingerprint density at radius 3 is 2.67 bits per heavy atom. The van der Waals surface area contributed by atoms with Gasteiger partial charge in [0.05, 0.1) is 6.07 Å². The Balaban J connectivity index is 0.00000120. The summed E-state index contributed by atoms with van der Waals surface area (Å²) in [5.41, 5.74) is 1.46. The van der Waals surface area contributed by atoms with Crippen LogP contribution in [0.5, 0.6) is 0 Å². The largest absolute Gasteiger partial charge is 0.302 e. The summed E-state index contributed by atoms with van der Waals surface area (Å²) in [7, 11) is 0. The van der Waals surface area contributed by atoms with E-state index in [1.54, 1.807) is 0 Å². The van der Waals surface area contributed by atoms with Crippen molar-refractivity contribution >= 4 is 12.4 Å². The summed E-state index contributed by atoms with van der Waals surface area (Å²) in [6, 6.07) is 13.2. The normalized spacial score (nSPS) is 33.5. The Labute approximate surface area is 115 Å². The van der Waals surface area contributed by atoms with Crippen LogP contribution in [0.3, 0.4) is 0 Å². The van der Waals surface area contributed by atoms with Crippen LogP contribution in [0.15, 0.2) is 30.3 Å². The molecule has 1 aromatic rings. The van der Waals surface area contributed by atoms with Crippen LogP contribution in [0.1, 0.15) is 24.3 Å². The van der Waals surface area contributed by atoms with E-state index in [0.29, 0.717) is 11.8 Å². The Hall–Kier alpha value is -1.04. The van der Waals surface area contributed by atoms with Gasteiger partial charge >= 0.3 is 0 Å². The van der Waals surface area contributed by atoms with Gasteiger partial charge in [-0.15, -0.1) is 12.4 Å². The zero-order valence-corrected chi connectivity index (χ0v) is 11.3. The maximum absolute atomic E-state index is 8.93. The summed E-state index contributed by atoms with van der Waals surface area (Å²) in [6.07, 6.45) is 2.00. The zero-order chi connectivity index (χ0) is 11.7. The molecule has 0 spiro atoms. The molecule has 3 heterocycles. The lowest BCUT2D eigenvalue weighted by Gasteiger charge is -2.49. The Morgan fingerprint density at radius 2 is 2.00 bits per heavy atom. The maximum atomic E-state index is 8.93. The molecule has 4 unspecified atom stereocenters. The number of benzene rings is 1. The van der Waals surface area contributed by atoms with Crippen LogP contribution in [-0.4, -0.2) is 24.5 Å². The van der Waals surface area contributed by atoms with E-state index in [2.05, 4.69) is 41.3 Å². The molecule has 0 radical (unpaired) electrons. The quantitative estimate of drug-likeness (QED) is 0.819. The van der Waals surface area contributed by atoms with Crippen molar-refractivity contribution in [3.05, 3.63) is 35.9 Å². The molecule has 3 fully saturated rings. The Kier molecular flexibility index (Phi) is 4.27. The molecule has 4 atom stereocenters. The SMILES string of the molecule is Cl.N#CCC1CN2CCC1C(c1ccccc1)C2. The van der Waals surface area contributed by atoms with Crippen LogP contribution in [0.4, 0.5) is 0 Å². The number of hydrogen-bond donors (Lipinski definition) is 0. The fourth-order valence-corrected chi connectivity index (χ4v) is 3.62. The molecule has 0 aromatic heterocycles. The second-order valence-electron chi connectivity index (χ2n) is 5.35. The molecule has 0 saturated carbocycles. The molecular weight excluding hydrogens is 244 g/mol. The second-order valence-corrected chi connectivity index (χ2v) is 5.35. The molecule has 2 bridgehead atoms. The molecule has 3 aliphatic rings. The van der Waals surface area contributed by atoms with Gasteiger partial charge < -0.3 is 4.90 Å². The van der Waals surface area contributed by atoms with Crippen molar-refractivity contribution in [1.29, 1.82) is 5.26 Å². The van der Waals surface area contributed by atoms with Crippen molar-refractivity contribution in [3.8, 4) is 6.07 Å². The number of nitrogens with zero attached hydrogens (tertiary/aromatic N) is 2. The fraction of sp³-hybridized carbons (Fsp3) is 0.533. The molecular formula is C15H19ClN2. The van der Waals surface area contributed by atoms with Crippen LogP contribution in [0.2, 0.25) is 0 Å². The molecule has 0 N–H and O–H groups in total. The lowest BCUT2D eigenvalue weighted by atomic mass is 9.69. The van der Waals surface area contributed by atoms with Gasteiger partial charge in [0.25, 0.3) is 0 Å². The number of rotatable bonds is 2. The first-order valence-corrected chi connectivity index (χ1v) is 6.52. The van der Waals surface area contributed by atoms with Crippen molar-refractivity contribution in [2.45, 2.75) is 18.8 Å². The van der Waals surface area contributed by atoms with Crippen LogP contribution in [0.25, 0.3) is 0 Å². The summed E-state index contributed by atoms with van der Waals surface area (Å²) in [6.45, 7) is 3.56. The second kappa shape index (κ2) is 5.73. The third kappa shape index (κ3) is 2.39. The van der Waals surface area contributed by atoms with Gasteiger partial charge in [0, 0.05) is 19.5 Å².